The Balaban J connectivity index is 1.51. The van der Waals surface area contributed by atoms with E-state index < -0.39 is 10.0 Å². The second kappa shape index (κ2) is 9.39. The number of benzene rings is 3. The molecule has 2 N–H and O–H groups in total. The molecule has 0 fully saturated rings. The predicted octanol–water partition coefficient (Wildman–Crippen LogP) is 4.16. The van der Waals surface area contributed by atoms with Gasteiger partial charge in [0.2, 0.25) is 0 Å². The van der Waals surface area contributed by atoms with Crippen molar-refractivity contribution in [1.82, 2.24) is 5.32 Å². The Bertz CT molecular complexity index is 1060. The molecule has 0 unspecified atom stereocenters. The smallest absolute Gasteiger partial charge is 0.261 e. The molecule has 6 heteroatoms. The van der Waals surface area contributed by atoms with Crippen LogP contribution in [0, 0.1) is 6.92 Å². The van der Waals surface area contributed by atoms with Crippen molar-refractivity contribution < 1.29 is 13.2 Å². The number of carbonyl (C=O) groups excluding carboxylic acids is 1. The van der Waals surface area contributed by atoms with Gasteiger partial charge in [-0.3, -0.25) is 9.52 Å². The quantitative estimate of drug-likeness (QED) is 0.550. The maximum absolute atomic E-state index is 12.3. The Morgan fingerprint density at radius 1 is 0.897 bits per heavy atom. The molecule has 0 aromatic heterocycles. The second-order valence-corrected chi connectivity index (χ2v) is 8.53. The largest absolute Gasteiger partial charge is 0.352 e. The zero-order chi connectivity index (χ0) is 20.7. The Labute approximate surface area is 171 Å². The zero-order valence-electron chi connectivity index (χ0n) is 16.3. The monoisotopic (exact) mass is 408 g/mol. The Kier molecular flexibility index (Phi) is 6.67. The number of hydrogen-bond acceptors (Lipinski definition) is 3. The lowest BCUT2D eigenvalue weighted by molar-refractivity contribution is 0.0953. The van der Waals surface area contributed by atoms with Crippen LogP contribution < -0.4 is 10.0 Å². The predicted molar refractivity (Wildman–Crippen MR) is 116 cm³/mol. The third-order valence-electron chi connectivity index (χ3n) is 4.46. The number of nitrogens with one attached hydrogen (secondary N) is 2. The standard InChI is InChI=1S/C23H24N2O3S/c1-18-7-5-8-19(17-18)9-6-16-24-23(26)20-12-14-21(15-13-20)25-29(27,28)22-10-3-2-4-11-22/h2-5,7-8,10-15,17,25H,6,9,16H2,1H3,(H,24,26). The van der Waals surface area contributed by atoms with Crippen LogP contribution in [0.2, 0.25) is 0 Å². The van der Waals surface area contributed by atoms with Crippen LogP contribution >= 0.6 is 0 Å². The lowest BCUT2D eigenvalue weighted by Crippen LogP contribution is -2.24. The van der Waals surface area contributed by atoms with Gasteiger partial charge in [-0.2, -0.15) is 0 Å². The summed E-state index contributed by atoms with van der Waals surface area (Å²) in [6.45, 7) is 2.64. The summed E-state index contributed by atoms with van der Waals surface area (Å²) in [7, 11) is -3.64. The highest BCUT2D eigenvalue weighted by Gasteiger charge is 2.13. The van der Waals surface area contributed by atoms with Crippen molar-refractivity contribution in [3.63, 3.8) is 0 Å². The van der Waals surface area contributed by atoms with Gasteiger partial charge in [0.15, 0.2) is 0 Å². The molecule has 29 heavy (non-hydrogen) atoms. The number of aryl methyl sites for hydroxylation is 2. The van der Waals surface area contributed by atoms with Gasteiger partial charge in [-0.05, 0) is 61.7 Å². The van der Waals surface area contributed by atoms with Crippen LogP contribution in [0.1, 0.15) is 27.9 Å². The molecular formula is C23H24N2O3S. The van der Waals surface area contributed by atoms with E-state index in [-0.39, 0.29) is 10.8 Å². The number of carbonyl (C=O) groups is 1. The highest BCUT2D eigenvalue weighted by Crippen LogP contribution is 2.16. The van der Waals surface area contributed by atoms with Crippen LogP contribution in [0.3, 0.4) is 0 Å². The maximum atomic E-state index is 12.3. The maximum Gasteiger partial charge on any atom is 0.261 e. The first-order chi connectivity index (χ1) is 13.9. The average molecular weight is 409 g/mol. The molecule has 150 valence electrons. The third-order valence-corrected chi connectivity index (χ3v) is 5.86. The fourth-order valence-corrected chi connectivity index (χ4v) is 4.05. The highest BCUT2D eigenvalue weighted by molar-refractivity contribution is 7.92. The second-order valence-electron chi connectivity index (χ2n) is 6.84. The molecule has 0 heterocycles. The van der Waals surface area contributed by atoms with E-state index in [2.05, 4.69) is 35.2 Å². The lowest BCUT2D eigenvalue weighted by atomic mass is 10.1. The molecule has 3 rings (SSSR count). The van der Waals surface area contributed by atoms with Crippen LogP contribution in [-0.4, -0.2) is 20.9 Å². The van der Waals surface area contributed by atoms with Crippen LogP contribution in [0.4, 0.5) is 5.69 Å². The van der Waals surface area contributed by atoms with E-state index in [1.807, 2.05) is 6.07 Å². The SMILES string of the molecule is Cc1cccc(CCCNC(=O)c2ccc(NS(=O)(=O)c3ccccc3)cc2)c1. The van der Waals surface area contributed by atoms with E-state index in [1.54, 1.807) is 42.5 Å². The molecule has 0 spiro atoms. The van der Waals surface area contributed by atoms with E-state index in [0.29, 0.717) is 17.8 Å². The van der Waals surface area contributed by atoms with Crippen molar-refractivity contribution in [2.24, 2.45) is 0 Å². The third kappa shape index (κ3) is 5.93. The number of anilines is 1. The first-order valence-electron chi connectivity index (χ1n) is 9.46. The number of sulfonamides is 1. The van der Waals surface area contributed by atoms with Gasteiger partial charge in [0.05, 0.1) is 4.90 Å². The summed E-state index contributed by atoms with van der Waals surface area (Å²) < 4.78 is 27.2. The summed E-state index contributed by atoms with van der Waals surface area (Å²) >= 11 is 0. The molecule has 0 saturated carbocycles. The fraction of sp³-hybridized carbons (Fsp3) is 0.174. The van der Waals surface area contributed by atoms with Crippen LogP contribution in [0.25, 0.3) is 0 Å². The van der Waals surface area contributed by atoms with Gasteiger partial charge in [-0.1, -0.05) is 48.0 Å². The molecule has 3 aromatic carbocycles. The Morgan fingerprint density at radius 2 is 1.62 bits per heavy atom. The van der Waals surface area contributed by atoms with Crippen molar-refractivity contribution in [1.29, 1.82) is 0 Å². The summed E-state index contributed by atoms with van der Waals surface area (Å²) in [6, 6.07) is 22.9. The van der Waals surface area contributed by atoms with E-state index in [0.717, 1.165) is 12.8 Å². The van der Waals surface area contributed by atoms with Gasteiger partial charge in [0.1, 0.15) is 0 Å². The molecule has 3 aromatic rings. The summed E-state index contributed by atoms with van der Waals surface area (Å²) in [4.78, 5) is 12.5. The number of hydrogen-bond donors (Lipinski definition) is 2. The van der Waals surface area contributed by atoms with E-state index in [9.17, 15) is 13.2 Å². The van der Waals surface area contributed by atoms with Crippen molar-refractivity contribution in [2.45, 2.75) is 24.7 Å². The molecule has 5 nitrogen and oxygen atoms in total. The zero-order valence-corrected chi connectivity index (χ0v) is 17.1. The Morgan fingerprint density at radius 3 is 2.31 bits per heavy atom. The molecule has 0 saturated heterocycles. The molecular weight excluding hydrogens is 384 g/mol. The molecule has 0 radical (unpaired) electrons. The van der Waals surface area contributed by atoms with Gasteiger partial charge in [-0.25, -0.2) is 8.42 Å². The molecule has 0 bridgehead atoms. The molecule has 1 amide bonds. The van der Waals surface area contributed by atoms with E-state index >= 15 is 0 Å². The summed E-state index contributed by atoms with van der Waals surface area (Å²) in [5.41, 5.74) is 3.39. The van der Waals surface area contributed by atoms with Gasteiger partial charge in [0, 0.05) is 17.8 Å². The topological polar surface area (TPSA) is 75.3 Å². The van der Waals surface area contributed by atoms with Crippen molar-refractivity contribution in [3.05, 3.63) is 95.6 Å². The number of rotatable bonds is 8. The summed E-state index contributed by atoms with van der Waals surface area (Å²) in [6.07, 6.45) is 1.76. The van der Waals surface area contributed by atoms with E-state index in [4.69, 9.17) is 0 Å². The van der Waals surface area contributed by atoms with Gasteiger partial charge in [-0.15, -0.1) is 0 Å². The lowest BCUT2D eigenvalue weighted by Gasteiger charge is -2.09. The van der Waals surface area contributed by atoms with Crippen LogP contribution in [0.5, 0.6) is 0 Å². The minimum absolute atomic E-state index is 0.174. The first kappa shape index (κ1) is 20.6. The molecule has 0 aliphatic rings. The van der Waals surface area contributed by atoms with Crippen molar-refractivity contribution >= 4 is 21.6 Å². The first-order valence-corrected chi connectivity index (χ1v) is 10.9. The fourth-order valence-electron chi connectivity index (χ4n) is 2.97. The van der Waals surface area contributed by atoms with Crippen molar-refractivity contribution in [2.75, 3.05) is 11.3 Å². The average Bonchev–Trinajstić information content (AvgIpc) is 2.72. The summed E-state index contributed by atoms with van der Waals surface area (Å²) in [5, 5.41) is 2.90. The highest BCUT2D eigenvalue weighted by atomic mass is 32.2. The van der Waals surface area contributed by atoms with Crippen LogP contribution in [-0.2, 0) is 16.4 Å². The van der Waals surface area contributed by atoms with Gasteiger partial charge < -0.3 is 5.32 Å². The Hall–Kier alpha value is -3.12. The summed E-state index contributed by atoms with van der Waals surface area (Å²) in [5.74, 6) is -0.174. The van der Waals surface area contributed by atoms with Gasteiger partial charge in [0.25, 0.3) is 15.9 Å². The molecule has 0 aliphatic carbocycles. The van der Waals surface area contributed by atoms with E-state index in [1.165, 1.54) is 23.3 Å². The van der Waals surface area contributed by atoms with Crippen LogP contribution in [0.15, 0.2) is 83.8 Å². The molecule has 0 atom stereocenters. The minimum atomic E-state index is -3.64. The van der Waals surface area contributed by atoms with Gasteiger partial charge >= 0.3 is 0 Å². The number of amides is 1. The molecule has 0 aliphatic heterocycles. The minimum Gasteiger partial charge on any atom is -0.352 e. The normalized spacial score (nSPS) is 11.1. The van der Waals surface area contributed by atoms with Crippen molar-refractivity contribution in [3.8, 4) is 0 Å².